The van der Waals surface area contributed by atoms with E-state index < -0.39 is 5.95 Å². The van der Waals surface area contributed by atoms with Crippen molar-refractivity contribution in [3.63, 3.8) is 0 Å². The average molecular weight is 295 g/mol. The lowest BCUT2D eigenvalue weighted by atomic mass is 10.3. The maximum Gasteiger partial charge on any atom is 0.213 e. The maximum atomic E-state index is 12.6. The number of aromatic nitrogens is 1. The van der Waals surface area contributed by atoms with Crippen LogP contribution < -0.4 is 0 Å². The molecule has 1 saturated heterocycles. The van der Waals surface area contributed by atoms with Crippen LogP contribution in [0.25, 0.3) is 0 Å². The number of rotatable bonds is 1. The van der Waals surface area contributed by atoms with Crippen LogP contribution in [-0.2, 0) is 9.47 Å². The summed E-state index contributed by atoms with van der Waals surface area (Å²) < 4.78 is 24.0. The fourth-order valence-corrected chi connectivity index (χ4v) is 1.78. The molecule has 0 N–H and O–H groups in total. The van der Waals surface area contributed by atoms with Crippen LogP contribution in [0.15, 0.2) is 12.3 Å². The van der Waals surface area contributed by atoms with Crippen molar-refractivity contribution in [1.82, 2.24) is 4.98 Å². The van der Waals surface area contributed by atoms with E-state index >= 15 is 0 Å². The Kier molecular flexibility index (Phi) is 2.75. The fraction of sp³-hybridized carbons (Fsp3) is 0.375. The van der Waals surface area contributed by atoms with E-state index in [-0.39, 0.29) is 6.29 Å². The smallest absolute Gasteiger partial charge is 0.213 e. The number of ether oxygens (including phenoxy) is 2. The minimum atomic E-state index is -0.480. The Labute approximate surface area is 88.4 Å². The zero-order valence-electron chi connectivity index (χ0n) is 6.67. The molecule has 0 unspecified atom stereocenters. The van der Waals surface area contributed by atoms with E-state index in [2.05, 4.69) is 4.98 Å². The van der Waals surface area contributed by atoms with Crippen molar-refractivity contribution in [2.75, 3.05) is 13.2 Å². The van der Waals surface area contributed by atoms with Crippen molar-refractivity contribution in [2.24, 2.45) is 0 Å². The predicted octanol–water partition coefficient (Wildman–Crippen LogP) is 1.87. The molecule has 1 aromatic rings. The molecule has 0 radical (unpaired) electrons. The molecule has 0 aromatic carbocycles. The summed E-state index contributed by atoms with van der Waals surface area (Å²) >= 11 is 2.04. The van der Waals surface area contributed by atoms with E-state index in [0.29, 0.717) is 13.2 Å². The Hall–Kier alpha value is -0.270. The first-order valence-corrected chi connectivity index (χ1v) is 4.89. The van der Waals surface area contributed by atoms with Gasteiger partial charge in [0, 0.05) is 21.4 Å². The van der Waals surface area contributed by atoms with Gasteiger partial charge in [-0.2, -0.15) is 4.39 Å². The average Bonchev–Trinajstić information content (AvgIpc) is 2.56. The molecule has 0 amide bonds. The Morgan fingerprint density at radius 1 is 1.46 bits per heavy atom. The van der Waals surface area contributed by atoms with Crippen LogP contribution >= 0.6 is 22.6 Å². The summed E-state index contributed by atoms with van der Waals surface area (Å²) in [6.07, 6.45) is 1.08. The first-order chi connectivity index (χ1) is 6.27. The Morgan fingerprint density at radius 3 is 2.77 bits per heavy atom. The van der Waals surface area contributed by atoms with Gasteiger partial charge in [-0.25, -0.2) is 4.98 Å². The van der Waals surface area contributed by atoms with Gasteiger partial charge in [-0.3, -0.25) is 0 Å². The van der Waals surface area contributed by atoms with Crippen LogP contribution in [0.1, 0.15) is 11.9 Å². The van der Waals surface area contributed by atoms with E-state index in [0.717, 1.165) is 9.13 Å². The zero-order chi connectivity index (χ0) is 9.26. The zero-order valence-corrected chi connectivity index (χ0v) is 8.82. The van der Waals surface area contributed by atoms with Crippen molar-refractivity contribution in [1.29, 1.82) is 0 Å². The standard InChI is InChI=1S/C8H7FINO2/c9-7-3-6(10)5(4-11-7)8-12-1-2-13-8/h3-4,8H,1-2H2. The lowest BCUT2D eigenvalue weighted by molar-refractivity contribution is -0.0450. The minimum absolute atomic E-state index is 0.375. The normalized spacial score (nSPS) is 18.0. The summed E-state index contributed by atoms with van der Waals surface area (Å²) in [5, 5.41) is 0. The van der Waals surface area contributed by atoms with Crippen LogP contribution in [0.5, 0.6) is 0 Å². The second-order valence-corrected chi connectivity index (χ2v) is 3.76. The molecule has 0 atom stereocenters. The van der Waals surface area contributed by atoms with Crippen molar-refractivity contribution in [3.05, 3.63) is 27.3 Å². The quantitative estimate of drug-likeness (QED) is 0.585. The number of pyridine rings is 1. The molecule has 1 fully saturated rings. The monoisotopic (exact) mass is 295 g/mol. The minimum Gasteiger partial charge on any atom is -0.346 e. The summed E-state index contributed by atoms with van der Waals surface area (Å²) in [5.41, 5.74) is 0.791. The molecule has 0 saturated carbocycles. The number of hydrogen-bond acceptors (Lipinski definition) is 3. The van der Waals surface area contributed by atoms with Gasteiger partial charge < -0.3 is 9.47 Å². The highest BCUT2D eigenvalue weighted by Gasteiger charge is 2.21. The van der Waals surface area contributed by atoms with Crippen LogP contribution in [0, 0.1) is 9.52 Å². The highest BCUT2D eigenvalue weighted by atomic mass is 127. The van der Waals surface area contributed by atoms with E-state index in [4.69, 9.17) is 9.47 Å². The summed E-state index contributed by atoms with van der Waals surface area (Å²) in [7, 11) is 0. The van der Waals surface area contributed by atoms with E-state index in [1.807, 2.05) is 22.6 Å². The second-order valence-electron chi connectivity index (χ2n) is 2.60. The Bertz CT molecular complexity index is 315. The molecule has 1 aliphatic heterocycles. The molecule has 0 aliphatic carbocycles. The molecule has 5 heteroatoms. The lowest BCUT2D eigenvalue weighted by Gasteiger charge is -2.10. The van der Waals surface area contributed by atoms with Gasteiger partial charge in [-0.05, 0) is 22.6 Å². The fourth-order valence-electron chi connectivity index (χ4n) is 1.13. The molecule has 3 nitrogen and oxygen atoms in total. The molecular formula is C8H7FINO2. The largest absolute Gasteiger partial charge is 0.346 e. The third-order valence-electron chi connectivity index (χ3n) is 1.72. The van der Waals surface area contributed by atoms with Crippen LogP contribution in [0.2, 0.25) is 0 Å². The van der Waals surface area contributed by atoms with Gasteiger partial charge in [0.15, 0.2) is 6.29 Å². The first-order valence-electron chi connectivity index (χ1n) is 3.81. The van der Waals surface area contributed by atoms with Gasteiger partial charge in [-0.15, -0.1) is 0 Å². The molecular weight excluding hydrogens is 288 g/mol. The molecule has 70 valence electrons. The summed E-state index contributed by atoms with van der Waals surface area (Å²) in [5.74, 6) is -0.480. The van der Waals surface area contributed by atoms with Crippen molar-refractivity contribution >= 4 is 22.6 Å². The predicted molar refractivity (Wildman–Crippen MR) is 51.6 cm³/mol. The number of hydrogen-bond donors (Lipinski definition) is 0. The van der Waals surface area contributed by atoms with Crippen LogP contribution in [0.4, 0.5) is 4.39 Å². The van der Waals surface area contributed by atoms with Crippen molar-refractivity contribution < 1.29 is 13.9 Å². The van der Waals surface area contributed by atoms with E-state index in [1.54, 1.807) is 0 Å². The van der Waals surface area contributed by atoms with Gasteiger partial charge in [0.25, 0.3) is 0 Å². The number of nitrogens with zero attached hydrogens (tertiary/aromatic N) is 1. The van der Waals surface area contributed by atoms with E-state index in [1.165, 1.54) is 12.3 Å². The summed E-state index contributed by atoms with van der Waals surface area (Å²) in [6.45, 7) is 1.16. The van der Waals surface area contributed by atoms with Gasteiger partial charge in [0.1, 0.15) is 0 Å². The van der Waals surface area contributed by atoms with Crippen LogP contribution in [0.3, 0.4) is 0 Å². The molecule has 0 spiro atoms. The Balaban J connectivity index is 2.29. The van der Waals surface area contributed by atoms with Gasteiger partial charge in [0.05, 0.1) is 13.2 Å². The van der Waals surface area contributed by atoms with Crippen molar-refractivity contribution in [2.45, 2.75) is 6.29 Å². The molecule has 1 aliphatic rings. The maximum absolute atomic E-state index is 12.6. The Morgan fingerprint density at radius 2 is 2.15 bits per heavy atom. The van der Waals surface area contributed by atoms with Crippen LogP contribution in [-0.4, -0.2) is 18.2 Å². The van der Waals surface area contributed by atoms with Gasteiger partial charge >= 0.3 is 0 Å². The lowest BCUT2D eigenvalue weighted by Crippen LogP contribution is -2.02. The molecule has 2 heterocycles. The summed E-state index contributed by atoms with van der Waals surface area (Å²) in [6, 6.07) is 1.36. The molecule has 2 rings (SSSR count). The molecule has 1 aromatic heterocycles. The van der Waals surface area contributed by atoms with E-state index in [9.17, 15) is 4.39 Å². The highest BCUT2D eigenvalue weighted by molar-refractivity contribution is 14.1. The van der Waals surface area contributed by atoms with Gasteiger partial charge in [0.2, 0.25) is 5.95 Å². The SMILES string of the molecule is Fc1cc(I)c(C2OCCO2)cn1. The first kappa shape index (κ1) is 9.29. The highest BCUT2D eigenvalue weighted by Crippen LogP contribution is 2.26. The van der Waals surface area contributed by atoms with Crippen molar-refractivity contribution in [3.8, 4) is 0 Å². The van der Waals surface area contributed by atoms with Gasteiger partial charge in [-0.1, -0.05) is 0 Å². The number of halogens is 2. The second kappa shape index (κ2) is 3.85. The summed E-state index contributed by atoms with van der Waals surface area (Å²) in [4.78, 5) is 3.55. The third-order valence-corrected chi connectivity index (χ3v) is 2.66. The molecule has 0 bridgehead atoms. The molecule has 13 heavy (non-hydrogen) atoms. The third kappa shape index (κ3) is 1.97. The topological polar surface area (TPSA) is 31.4 Å².